The molecule has 7 nitrogen and oxygen atoms in total. The first-order chi connectivity index (χ1) is 7.51. The Hall–Kier alpha value is -2.44. The van der Waals surface area contributed by atoms with Crippen LogP contribution in [0.2, 0.25) is 0 Å². The Morgan fingerprint density at radius 1 is 1.56 bits per heavy atom. The van der Waals surface area contributed by atoms with Crippen LogP contribution in [0, 0.1) is 10.1 Å². The number of aromatic carboxylic acids is 1. The fourth-order valence-electron chi connectivity index (χ4n) is 1.21. The molecule has 0 aliphatic heterocycles. The number of carbonyl (C=O) groups excluding carboxylic acids is 1. The summed E-state index contributed by atoms with van der Waals surface area (Å²) < 4.78 is 4.66. The standard InChI is InChI=1S/C9H7NO6/c1-16-8-6(9(12)13)2-5(4-11)3-7(8)10(14)15/h2-4H,1H3,(H,12,13). The van der Waals surface area contributed by atoms with Crippen LogP contribution in [0.3, 0.4) is 0 Å². The third-order valence-electron chi connectivity index (χ3n) is 1.86. The molecule has 0 aliphatic carbocycles. The highest BCUT2D eigenvalue weighted by atomic mass is 16.6. The van der Waals surface area contributed by atoms with Crippen LogP contribution in [-0.2, 0) is 0 Å². The van der Waals surface area contributed by atoms with E-state index in [1.54, 1.807) is 0 Å². The predicted molar refractivity (Wildman–Crippen MR) is 52.0 cm³/mol. The van der Waals surface area contributed by atoms with E-state index in [0.29, 0.717) is 6.29 Å². The van der Waals surface area contributed by atoms with Gasteiger partial charge in [0.2, 0.25) is 5.75 Å². The fourth-order valence-corrected chi connectivity index (χ4v) is 1.21. The van der Waals surface area contributed by atoms with Gasteiger partial charge in [-0.15, -0.1) is 0 Å². The van der Waals surface area contributed by atoms with Gasteiger partial charge in [0.1, 0.15) is 11.8 Å². The van der Waals surface area contributed by atoms with E-state index in [2.05, 4.69) is 4.74 Å². The maximum Gasteiger partial charge on any atom is 0.339 e. The van der Waals surface area contributed by atoms with Crippen LogP contribution < -0.4 is 4.74 Å². The Balaban J connectivity index is 3.58. The Kier molecular flexibility index (Phi) is 3.19. The van der Waals surface area contributed by atoms with E-state index < -0.39 is 22.1 Å². The summed E-state index contributed by atoms with van der Waals surface area (Å²) in [7, 11) is 1.12. The number of carbonyl (C=O) groups is 2. The van der Waals surface area contributed by atoms with Gasteiger partial charge in [-0.25, -0.2) is 4.79 Å². The third kappa shape index (κ3) is 1.97. The topological polar surface area (TPSA) is 107 Å². The SMILES string of the molecule is COc1c(C(=O)O)cc(C=O)cc1[N+](=O)[O-]. The van der Waals surface area contributed by atoms with Crippen molar-refractivity contribution in [2.24, 2.45) is 0 Å². The second-order valence-corrected chi connectivity index (χ2v) is 2.80. The maximum absolute atomic E-state index is 10.8. The van der Waals surface area contributed by atoms with Crippen molar-refractivity contribution in [3.05, 3.63) is 33.4 Å². The number of rotatable bonds is 4. The fraction of sp³-hybridized carbons (Fsp3) is 0.111. The van der Waals surface area contributed by atoms with Crippen LogP contribution in [0.15, 0.2) is 12.1 Å². The Labute approximate surface area is 89.4 Å². The van der Waals surface area contributed by atoms with Crippen LogP contribution in [0.5, 0.6) is 5.75 Å². The van der Waals surface area contributed by atoms with Crippen LogP contribution in [0.1, 0.15) is 20.7 Å². The van der Waals surface area contributed by atoms with Gasteiger partial charge in [-0.2, -0.15) is 0 Å². The molecule has 1 aromatic rings. The van der Waals surface area contributed by atoms with Crippen LogP contribution >= 0.6 is 0 Å². The molecule has 0 unspecified atom stereocenters. The Morgan fingerprint density at radius 2 is 2.19 bits per heavy atom. The average molecular weight is 225 g/mol. The van der Waals surface area contributed by atoms with Crippen LogP contribution in [-0.4, -0.2) is 29.4 Å². The number of methoxy groups -OCH3 is 1. The lowest BCUT2D eigenvalue weighted by molar-refractivity contribution is -0.385. The largest absolute Gasteiger partial charge is 0.490 e. The summed E-state index contributed by atoms with van der Waals surface area (Å²) in [6.45, 7) is 0. The summed E-state index contributed by atoms with van der Waals surface area (Å²) in [5.74, 6) is -1.77. The zero-order chi connectivity index (χ0) is 12.3. The summed E-state index contributed by atoms with van der Waals surface area (Å²) in [4.78, 5) is 31.1. The molecular weight excluding hydrogens is 218 g/mol. The van der Waals surface area contributed by atoms with Crippen molar-refractivity contribution in [3.63, 3.8) is 0 Å². The number of carboxylic acid groups (broad SMARTS) is 1. The smallest absolute Gasteiger partial charge is 0.339 e. The van der Waals surface area contributed by atoms with E-state index in [4.69, 9.17) is 5.11 Å². The highest BCUT2D eigenvalue weighted by Gasteiger charge is 2.24. The minimum Gasteiger partial charge on any atom is -0.490 e. The van der Waals surface area contributed by atoms with E-state index >= 15 is 0 Å². The summed E-state index contributed by atoms with van der Waals surface area (Å²) in [6, 6.07) is 1.97. The molecule has 0 saturated heterocycles. The van der Waals surface area contributed by atoms with Gasteiger partial charge in [0.05, 0.1) is 12.0 Å². The number of carboxylic acids is 1. The molecule has 0 bridgehead atoms. The van der Waals surface area contributed by atoms with Gasteiger partial charge in [0.25, 0.3) is 0 Å². The quantitative estimate of drug-likeness (QED) is 0.467. The second-order valence-electron chi connectivity index (χ2n) is 2.80. The lowest BCUT2D eigenvalue weighted by Gasteiger charge is -2.05. The van der Waals surface area contributed by atoms with Gasteiger partial charge in [-0.1, -0.05) is 0 Å². The van der Waals surface area contributed by atoms with Crippen molar-refractivity contribution in [2.45, 2.75) is 0 Å². The Bertz CT molecular complexity index is 432. The zero-order valence-electron chi connectivity index (χ0n) is 8.17. The molecule has 0 radical (unpaired) electrons. The molecule has 84 valence electrons. The number of aldehydes is 1. The molecule has 0 heterocycles. The summed E-state index contributed by atoms with van der Waals surface area (Å²) in [6.07, 6.45) is 0.332. The molecule has 0 saturated carbocycles. The summed E-state index contributed by atoms with van der Waals surface area (Å²) >= 11 is 0. The molecule has 0 amide bonds. The van der Waals surface area contributed by atoms with E-state index in [9.17, 15) is 19.7 Å². The molecule has 1 aromatic carbocycles. The Morgan fingerprint density at radius 3 is 2.56 bits per heavy atom. The third-order valence-corrected chi connectivity index (χ3v) is 1.86. The highest BCUT2D eigenvalue weighted by molar-refractivity contribution is 5.95. The minimum atomic E-state index is -1.40. The molecule has 1 rings (SSSR count). The normalized spacial score (nSPS) is 9.56. The molecule has 16 heavy (non-hydrogen) atoms. The van der Waals surface area contributed by atoms with Crippen molar-refractivity contribution >= 4 is 17.9 Å². The molecule has 1 N–H and O–H groups in total. The first-order valence-corrected chi connectivity index (χ1v) is 4.06. The first-order valence-electron chi connectivity index (χ1n) is 4.06. The number of hydrogen-bond donors (Lipinski definition) is 1. The predicted octanol–water partition coefficient (Wildman–Crippen LogP) is 1.11. The summed E-state index contributed by atoms with van der Waals surface area (Å²) in [5, 5.41) is 19.4. The average Bonchev–Trinajstić information content (AvgIpc) is 2.26. The van der Waals surface area contributed by atoms with Crippen molar-refractivity contribution in [2.75, 3.05) is 7.11 Å². The van der Waals surface area contributed by atoms with E-state index in [1.165, 1.54) is 0 Å². The zero-order valence-corrected chi connectivity index (χ0v) is 8.17. The number of nitrogens with zero attached hydrogens (tertiary/aromatic N) is 1. The van der Waals surface area contributed by atoms with Crippen molar-refractivity contribution in [3.8, 4) is 5.75 Å². The number of hydrogen-bond acceptors (Lipinski definition) is 5. The van der Waals surface area contributed by atoms with Gasteiger partial charge in [0, 0.05) is 11.6 Å². The van der Waals surface area contributed by atoms with Crippen LogP contribution in [0.4, 0.5) is 5.69 Å². The van der Waals surface area contributed by atoms with Gasteiger partial charge in [-0.05, 0) is 6.07 Å². The molecular formula is C9H7NO6. The monoisotopic (exact) mass is 225 g/mol. The number of ether oxygens (including phenoxy) is 1. The van der Waals surface area contributed by atoms with Crippen molar-refractivity contribution in [1.29, 1.82) is 0 Å². The molecule has 0 fully saturated rings. The number of benzene rings is 1. The van der Waals surface area contributed by atoms with E-state index in [-0.39, 0.29) is 11.3 Å². The van der Waals surface area contributed by atoms with Gasteiger partial charge >= 0.3 is 11.7 Å². The lowest BCUT2D eigenvalue weighted by Crippen LogP contribution is -2.05. The van der Waals surface area contributed by atoms with E-state index in [1.807, 2.05) is 0 Å². The van der Waals surface area contributed by atoms with Gasteiger partial charge in [-0.3, -0.25) is 14.9 Å². The molecule has 0 aliphatic rings. The minimum absolute atomic E-state index is 0.0927. The molecule has 0 spiro atoms. The number of nitro benzene ring substituents is 1. The van der Waals surface area contributed by atoms with Gasteiger partial charge < -0.3 is 9.84 Å². The molecule has 0 atom stereocenters. The van der Waals surface area contributed by atoms with Crippen molar-refractivity contribution < 1.29 is 24.4 Å². The highest BCUT2D eigenvalue weighted by Crippen LogP contribution is 2.31. The van der Waals surface area contributed by atoms with E-state index in [0.717, 1.165) is 19.2 Å². The van der Waals surface area contributed by atoms with Crippen molar-refractivity contribution in [1.82, 2.24) is 0 Å². The number of nitro groups is 1. The first kappa shape index (κ1) is 11.6. The maximum atomic E-state index is 10.8. The molecule has 0 aromatic heterocycles. The second kappa shape index (κ2) is 4.39. The summed E-state index contributed by atoms with van der Waals surface area (Å²) in [5.41, 5.74) is -1.06. The van der Waals surface area contributed by atoms with Crippen LogP contribution in [0.25, 0.3) is 0 Å². The lowest BCUT2D eigenvalue weighted by atomic mass is 10.1. The molecule has 7 heteroatoms. The van der Waals surface area contributed by atoms with Gasteiger partial charge in [0.15, 0.2) is 0 Å².